The third-order valence-electron chi connectivity index (χ3n) is 5.36. The van der Waals surface area contributed by atoms with E-state index in [9.17, 15) is 9.59 Å². The van der Waals surface area contributed by atoms with Gasteiger partial charge in [-0.05, 0) is 38.0 Å². The summed E-state index contributed by atoms with van der Waals surface area (Å²) in [6.07, 6.45) is 5.87. The average Bonchev–Trinajstić information content (AvgIpc) is 2.72. The second kappa shape index (κ2) is 9.03. The quantitative estimate of drug-likeness (QED) is 0.812. The van der Waals surface area contributed by atoms with Gasteiger partial charge in [-0.1, -0.05) is 31.9 Å². The Kier molecular flexibility index (Phi) is 6.46. The molecule has 154 valence electrons. The number of nitrogen functional groups attached to an aromatic ring is 1. The van der Waals surface area contributed by atoms with Crippen molar-refractivity contribution in [3.63, 3.8) is 0 Å². The van der Waals surface area contributed by atoms with Crippen LogP contribution in [0.2, 0.25) is 0 Å². The molecule has 7 nitrogen and oxygen atoms in total. The van der Waals surface area contributed by atoms with Crippen molar-refractivity contribution in [2.24, 2.45) is 0 Å². The molecular formula is C22H29N5O2. The van der Waals surface area contributed by atoms with Crippen LogP contribution in [-0.4, -0.2) is 56.8 Å². The van der Waals surface area contributed by atoms with Gasteiger partial charge >= 0.3 is 0 Å². The Morgan fingerprint density at radius 1 is 1.21 bits per heavy atom. The van der Waals surface area contributed by atoms with Crippen LogP contribution in [0.15, 0.2) is 36.7 Å². The third kappa shape index (κ3) is 4.55. The summed E-state index contributed by atoms with van der Waals surface area (Å²) in [6.45, 7) is 7.25. The van der Waals surface area contributed by atoms with Gasteiger partial charge in [0.05, 0.1) is 0 Å². The van der Waals surface area contributed by atoms with E-state index in [2.05, 4.69) is 16.9 Å². The minimum Gasteiger partial charge on any atom is -0.368 e. The molecule has 1 aliphatic rings. The lowest BCUT2D eigenvalue weighted by Gasteiger charge is -2.42. The predicted octanol–water partition coefficient (Wildman–Crippen LogP) is 2.98. The highest BCUT2D eigenvalue weighted by atomic mass is 16.2. The molecule has 2 heterocycles. The normalized spacial score (nSPS) is 17.1. The summed E-state index contributed by atoms with van der Waals surface area (Å²) in [5.41, 5.74) is 7.75. The molecule has 0 radical (unpaired) electrons. The van der Waals surface area contributed by atoms with Crippen molar-refractivity contribution in [2.75, 3.05) is 18.8 Å². The van der Waals surface area contributed by atoms with Crippen LogP contribution in [0.25, 0.3) is 11.1 Å². The van der Waals surface area contributed by atoms with E-state index in [0.717, 1.165) is 24.0 Å². The number of unbranched alkanes of at least 4 members (excludes halogenated alkanes) is 1. The highest BCUT2D eigenvalue weighted by Crippen LogP contribution is 2.24. The summed E-state index contributed by atoms with van der Waals surface area (Å²) in [5, 5.41) is 0. The van der Waals surface area contributed by atoms with Gasteiger partial charge in [-0.2, -0.15) is 0 Å². The third-order valence-corrected chi connectivity index (χ3v) is 5.36. The molecule has 1 saturated heterocycles. The molecule has 1 aromatic heterocycles. The van der Waals surface area contributed by atoms with Crippen LogP contribution in [0.1, 0.15) is 50.4 Å². The maximum absolute atomic E-state index is 13.3. The second-order valence-corrected chi connectivity index (χ2v) is 7.69. The number of amides is 2. The first-order valence-electron chi connectivity index (χ1n) is 10.2. The first-order valence-corrected chi connectivity index (χ1v) is 10.2. The molecule has 0 saturated carbocycles. The Bertz CT molecular complexity index is 866. The van der Waals surface area contributed by atoms with Gasteiger partial charge in [-0.25, -0.2) is 9.97 Å². The molecule has 1 unspecified atom stereocenters. The lowest BCUT2D eigenvalue weighted by molar-refractivity contribution is -0.142. The van der Waals surface area contributed by atoms with Crippen molar-refractivity contribution in [3.8, 4) is 11.1 Å². The Morgan fingerprint density at radius 3 is 2.59 bits per heavy atom. The molecule has 0 bridgehead atoms. The van der Waals surface area contributed by atoms with Gasteiger partial charge in [0.2, 0.25) is 11.9 Å². The monoisotopic (exact) mass is 395 g/mol. The van der Waals surface area contributed by atoms with Gasteiger partial charge in [-0.3, -0.25) is 9.59 Å². The predicted molar refractivity (Wildman–Crippen MR) is 113 cm³/mol. The van der Waals surface area contributed by atoms with E-state index < -0.39 is 6.04 Å². The van der Waals surface area contributed by atoms with Gasteiger partial charge in [-0.15, -0.1) is 0 Å². The summed E-state index contributed by atoms with van der Waals surface area (Å²) in [6, 6.07) is 7.10. The van der Waals surface area contributed by atoms with Gasteiger partial charge in [0.25, 0.3) is 5.91 Å². The Hall–Kier alpha value is -2.96. The van der Waals surface area contributed by atoms with Gasteiger partial charge in [0.15, 0.2) is 0 Å². The molecule has 2 N–H and O–H groups in total. The Labute approximate surface area is 171 Å². The zero-order chi connectivity index (χ0) is 21.0. The van der Waals surface area contributed by atoms with Crippen LogP contribution in [-0.2, 0) is 4.79 Å². The molecule has 3 rings (SSSR count). The van der Waals surface area contributed by atoms with Crippen molar-refractivity contribution < 1.29 is 9.59 Å². The number of carbonyl (C=O) groups is 2. The molecule has 7 heteroatoms. The second-order valence-electron chi connectivity index (χ2n) is 7.69. The van der Waals surface area contributed by atoms with Crippen LogP contribution in [0.4, 0.5) is 5.95 Å². The van der Waals surface area contributed by atoms with Gasteiger partial charge in [0, 0.05) is 42.7 Å². The maximum atomic E-state index is 13.3. The molecular weight excluding hydrogens is 366 g/mol. The summed E-state index contributed by atoms with van der Waals surface area (Å²) < 4.78 is 0. The first kappa shape index (κ1) is 20.8. The average molecular weight is 396 g/mol. The van der Waals surface area contributed by atoms with Crippen LogP contribution in [0.5, 0.6) is 0 Å². The fourth-order valence-electron chi connectivity index (χ4n) is 3.72. The minimum atomic E-state index is -0.401. The maximum Gasteiger partial charge on any atom is 0.254 e. The number of piperazine rings is 1. The zero-order valence-corrected chi connectivity index (χ0v) is 17.3. The highest BCUT2D eigenvalue weighted by molar-refractivity contribution is 5.99. The van der Waals surface area contributed by atoms with E-state index in [-0.39, 0.29) is 23.8 Å². The molecule has 1 aromatic carbocycles. The summed E-state index contributed by atoms with van der Waals surface area (Å²) in [7, 11) is 0. The molecule has 29 heavy (non-hydrogen) atoms. The number of benzene rings is 1. The standard InChI is InChI=1S/C22H29N5O2/c1-4-5-9-19-21(29)26(15(2)3)10-11-27(19)20(28)17-8-6-7-16(12-17)18-13-24-22(23)25-14-18/h6-8,12-15,19H,4-5,9-11H2,1-3H3,(H2,23,24,25). The van der Waals surface area contributed by atoms with E-state index in [0.29, 0.717) is 25.1 Å². The lowest BCUT2D eigenvalue weighted by Crippen LogP contribution is -2.60. The lowest BCUT2D eigenvalue weighted by atomic mass is 10.00. The van der Waals surface area contributed by atoms with Gasteiger partial charge < -0.3 is 15.5 Å². The minimum absolute atomic E-state index is 0.0520. The van der Waals surface area contributed by atoms with Crippen molar-refractivity contribution >= 4 is 17.8 Å². The fourth-order valence-corrected chi connectivity index (χ4v) is 3.72. The highest BCUT2D eigenvalue weighted by Gasteiger charge is 2.38. The summed E-state index contributed by atoms with van der Waals surface area (Å²) >= 11 is 0. The van der Waals surface area contributed by atoms with Crippen molar-refractivity contribution in [1.29, 1.82) is 0 Å². The Morgan fingerprint density at radius 2 is 1.93 bits per heavy atom. The van der Waals surface area contributed by atoms with Crippen LogP contribution in [0, 0.1) is 0 Å². The van der Waals surface area contributed by atoms with Crippen molar-refractivity contribution in [1.82, 2.24) is 19.8 Å². The van der Waals surface area contributed by atoms with Crippen molar-refractivity contribution in [2.45, 2.75) is 52.1 Å². The number of anilines is 1. The number of hydrogen-bond donors (Lipinski definition) is 1. The zero-order valence-electron chi connectivity index (χ0n) is 17.3. The van der Waals surface area contributed by atoms with E-state index in [1.807, 2.05) is 36.9 Å². The number of hydrogen-bond acceptors (Lipinski definition) is 5. The van der Waals surface area contributed by atoms with E-state index in [4.69, 9.17) is 5.73 Å². The number of nitrogens with zero attached hydrogens (tertiary/aromatic N) is 4. The van der Waals surface area contributed by atoms with Crippen LogP contribution in [0.3, 0.4) is 0 Å². The van der Waals surface area contributed by atoms with Gasteiger partial charge in [0.1, 0.15) is 6.04 Å². The topological polar surface area (TPSA) is 92.4 Å². The Balaban J connectivity index is 1.87. The number of nitrogens with two attached hydrogens (primary N) is 1. The first-order chi connectivity index (χ1) is 13.9. The number of carbonyl (C=O) groups excluding carboxylic acids is 2. The molecule has 2 amide bonds. The molecule has 1 fully saturated rings. The molecule has 2 aromatic rings. The van der Waals surface area contributed by atoms with E-state index in [1.54, 1.807) is 23.4 Å². The number of rotatable bonds is 6. The number of aromatic nitrogens is 2. The SMILES string of the molecule is CCCCC1C(=O)N(C(C)C)CCN1C(=O)c1cccc(-c2cnc(N)nc2)c1. The molecule has 1 atom stereocenters. The summed E-state index contributed by atoms with van der Waals surface area (Å²) in [5.74, 6) is 0.151. The molecule has 1 aliphatic heterocycles. The van der Waals surface area contributed by atoms with Crippen LogP contribution < -0.4 is 5.73 Å². The molecule has 0 aliphatic carbocycles. The fraction of sp³-hybridized carbons (Fsp3) is 0.455. The largest absolute Gasteiger partial charge is 0.368 e. The molecule has 0 spiro atoms. The van der Waals surface area contributed by atoms with E-state index >= 15 is 0 Å². The van der Waals surface area contributed by atoms with Crippen LogP contribution >= 0.6 is 0 Å². The summed E-state index contributed by atoms with van der Waals surface area (Å²) in [4.78, 5) is 38.0. The van der Waals surface area contributed by atoms with Crippen molar-refractivity contribution in [3.05, 3.63) is 42.2 Å². The smallest absolute Gasteiger partial charge is 0.254 e. The van der Waals surface area contributed by atoms with E-state index in [1.165, 1.54) is 0 Å².